The third-order valence-electron chi connectivity index (χ3n) is 7.06. The van der Waals surface area contributed by atoms with Gasteiger partial charge in [0, 0.05) is 26.6 Å². The van der Waals surface area contributed by atoms with Crippen LogP contribution in [0.15, 0.2) is 30.9 Å². The number of carbonyl (C=O) groups excluding carboxylic acids is 2. The Labute approximate surface area is 218 Å². The minimum Gasteiger partial charge on any atom is -0.274 e. The molecule has 0 aromatic carbocycles. The van der Waals surface area contributed by atoms with E-state index in [-0.39, 0.29) is 17.2 Å². The van der Waals surface area contributed by atoms with Gasteiger partial charge in [0.1, 0.15) is 0 Å². The summed E-state index contributed by atoms with van der Waals surface area (Å²) in [5.74, 6) is -0.340. The molecule has 0 N–H and O–H groups in total. The van der Waals surface area contributed by atoms with Crippen molar-refractivity contribution < 1.29 is 9.59 Å². The van der Waals surface area contributed by atoms with Crippen molar-refractivity contribution in [3.63, 3.8) is 0 Å². The Balaban J connectivity index is 1.96. The molecule has 34 heavy (non-hydrogen) atoms. The molecular weight excluding hydrogens is 479 g/mol. The number of hydrogen-bond acceptors (Lipinski definition) is 5. The monoisotopic (exact) mass is 515 g/mol. The lowest BCUT2D eigenvalue weighted by Gasteiger charge is -2.25. The summed E-state index contributed by atoms with van der Waals surface area (Å²) in [5.41, 5.74) is 1.19. The van der Waals surface area contributed by atoms with Gasteiger partial charge in [0.2, 0.25) is 0 Å². The van der Waals surface area contributed by atoms with E-state index < -0.39 is 0 Å². The first kappa shape index (κ1) is 27.0. The summed E-state index contributed by atoms with van der Waals surface area (Å²) < 4.78 is 0. The highest BCUT2D eigenvalue weighted by atomic mass is 32.1. The molecule has 184 valence electrons. The Kier molecular flexibility index (Phi) is 9.41. The Bertz CT molecular complexity index is 1070. The van der Waals surface area contributed by atoms with Crippen LogP contribution in [0.2, 0.25) is 0 Å². The van der Waals surface area contributed by atoms with Crippen LogP contribution < -0.4 is 0 Å². The Morgan fingerprint density at radius 3 is 2.29 bits per heavy atom. The minimum absolute atomic E-state index is 0.118. The standard InChI is InChI=1S/C28H37NO2S3/c1-6-10-11-12-13-14-18-29-26(30)22-23(27(29)31)25(34-24(22)19(32)15-7-2)20-16-17-21(33-20)28(5,8-3)9-4/h7,15-17,32H,2,6,8-14,18H2,1,3-5H3/b19-15-. The number of hydrogen-bond donors (Lipinski definition) is 1. The van der Waals surface area contributed by atoms with E-state index >= 15 is 0 Å². The van der Waals surface area contributed by atoms with Gasteiger partial charge in [0.15, 0.2) is 0 Å². The van der Waals surface area contributed by atoms with E-state index in [9.17, 15) is 9.59 Å². The molecule has 2 aromatic heterocycles. The summed E-state index contributed by atoms with van der Waals surface area (Å²) >= 11 is 7.89. The average molecular weight is 516 g/mol. The van der Waals surface area contributed by atoms with E-state index in [1.165, 1.54) is 40.4 Å². The first-order valence-electron chi connectivity index (χ1n) is 12.5. The summed E-state index contributed by atoms with van der Waals surface area (Å²) in [6.07, 6.45) is 12.3. The van der Waals surface area contributed by atoms with Crippen molar-refractivity contribution in [2.24, 2.45) is 0 Å². The van der Waals surface area contributed by atoms with Crippen LogP contribution >= 0.6 is 35.3 Å². The molecule has 3 rings (SSSR count). The Morgan fingerprint density at radius 2 is 1.65 bits per heavy atom. The lowest BCUT2D eigenvalue weighted by atomic mass is 9.83. The fraction of sp³-hybridized carbons (Fsp3) is 0.500. The van der Waals surface area contributed by atoms with Crippen molar-refractivity contribution in [2.45, 2.75) is 84.5 Å². The van der Waals surface area contributed by atoms with Gasteiger partial charge in [0.05, 0.1) is 20.9 Å². The van der Waals surface area contributed by atoms with Crippen molar-refractivity contribution in [3.8, 4) is 9.75 Å². The topological polar surface area (TPSA) is 37.4 Å². The summed E-state index contributed by atoms with van der Waals surface area (Å²) in [5, 5.41) is 0. The SMILES string of the molecule is C=C/C=C(\S)c1sc(-c2ccc(C(C)(CC)CC)s2)c2c1C(=O)N(CCCCCCCC)C2=O. The van der Waals surface area contributed by atoms with Crippen LogP contribution in [0.1, 0.15) is 110 Å². The fourth-order valence-electron chi connectivity index (χ4n) is 4.38. The van der Waals surface area contributed by atoms with Crippen LogP contribution in [0.4, 0.5) is 0 Å². The molecule has 1 aliphatic heterocycles. The van der Waals surface area contributed by atoms with Crippen molar-refractivity contribution in [2.75, 3.05) is 6.54 Å². The van der Waals surface area contributed by atoms with Gasteiger partial charge < -0.3 is 0 Å². The molecule has 0 bridgehead atoms. The molecule has 0 spiro atoms. The molecule has 1 aliphatic rings. The van der Waals surface area contributed by atoms with Gasteiger partial charge in [-0.15, -0.1) is 35.3 Å². The number of fused-ring (bicyclic) bond motifs is 1. The molecule has 0 radical (unpaired) electrons. The zero-order valence-electron chi connectivity index (χ0n) is 20.9. The second-order valence-corrected chi connectivity index (χ2v) is 11.8. The molecule has 0 saturated carbocycles. The lowest BCUT2D eigenvalue weighted by Crippen LogP contribution is -2.31. The highest BCUT2D eigenvalue weighted by molar-refractivity contribution is 7.90. The molecule has 2 amide bonds. The molecule has 3 heterocycles. The first-order chi connectivity index (χ1) is 16.3. The van der Waals surface area contributed by atoms with E-state index in [1.54, 1.807) is 23.5 Å². The maximum absolute atomic E-state index is 13.5. The summed E-state index contributed by atoms with van der Waals surface area (Å²) in [6, 6.07) is 4.30. The third-order valence-corrected chi connectivity index (χ3v) is 10.4. The van der Waals surface area contributed by atoms with Crippen molar-refractivity contribution in [1.29, 1.82) is 0 Å². The predicted octanol–water partition coefficient (Wildman–Crippen LogP) is 8.97. The van der Waals surface area contributed by atoms with E-state index in [0.717, 1.165) is 46.7 Å². The molecular formula is C28H37NO2S3. The Morgan fingerprint density at radius 1 is 1.00 bits per heavy atom. The van der Waals surface area contributed by atoms with E-state index in [0.29, 0.717) is 22.6 Å². The second kappa shape index (κ2) is 11.9. The number of thiophene rings is 2. The molecule has 0 fully saturated rings. The van der Waals surface area contributed by atoms with Crippen molar-refractivity contribution in [3.05, 3.63) is 51.7 Å². The number of imide groups is 1. The summed E-state index contributed by atoms with van der Waals surface area (Å²) in [4.78, 5) is 33.1. The third kappa shape index (κ3) is 5.29. The zero-order valence-corrected chi connectivity index (χ0v) is 23.4. The molecule has 0 unspecified atom stereocenters. The Hall–Kier alpha value is -1.63. The quantitative estimate of drug-likeness (QED) is 0.125. The van der Waals surface area contributed by atoms with Crippen LogP contribution in [-0.2, 0) is 5.41 Å². The van der Waals surface area contributed by atoms with Crippen LogP contribution in [0.5, 0.6) is 0 Å². The lowest BCUT2D eigenvalue weighted by molar-refractivity contribution is 0.0651. The number of thiol groups is 1. The van der Waals surface area contributed by atoms with Gasteiger partial charge in [-0.2, -0.15) is 0 Å². The normalized spacial score (nSPS) is 14.3. The summed E-state index contributed by atoms with van der Waals surface area (Å²) in [7, 11) is 0. The van der Waals surface area contributed by atoms with E-state index in [1.807, 2.05) is 0 Å². The van der Waals surface area contributed by atoms with Gasteiger partial charge in [-0.05, 0) is 37.5 Å². The smallest absolute Gasteiger partial charge is 0.263 e. The number of allylic oxidation sites excluding steroid dienone is 2. The van der Waals surface area contributed by atoms with Gasteiger partial charge in [0.25, 0.3) is 11.8 Å². The minimum atomic E-state index is -0.182. The maximum atomic E-state index is 13.5. The number of rotatable bonds is 13. The second-order valence-electron chi connectivity index (χ2n) is 9.26. The zero-order chi connectivity index (χ0) is 24.9. The van der Waals surface area contributed by atoms with E-state index in [2.05, 4.69) is 59.0 Å². The van der Waals surface area contributed by atoms with Crippen LogP contribution in [0.3, 0.4) is 0 Å². The van der Waals surface area contributed by atoms with Crippen molar-refractivity contribution >= 4 is 52.0 Å². The molecule has 0 aliphatic carbocycles. The highest BCUT2D eigenvalue weighted by Gasteiger charge is 2.42. The number of nitrogens with zero attached hydrogens (tertiary/aromatic N) is 1. The van der Waals surface area contributed by atoms with Crippen LogP contribution in [-0.4, -0.2) is 23.3 Å². The highest BCUT2D eigenvalue weighted by Crippen LogP contribution is 2.48. The molecule has 6 heteroatoms. The van der Waals surface area contributed by atoms with Gasteiger partial charge in [-0.1, -0.05) is 72.5 Å². The molecule has 2 aromatic rings. The van der Waals surface area contributed by atoms with Crippen LogP contribution in [0.25, 0.3) is 14.7 Å². The van der Waals surface area contributed by atoms with E-state index in [4.69, 9.17) is 0 Å². The molecule has 0 atom stereocenters. The van der Waals surface area contributed by atoms with Gasteiger partial charge >= 0.3 is 0 Å². The van der Waals surface area contributed by atoms with Gasteiger partial charge in [-0.25, -0.2) is 0 Å². The van der Waals surface area contributed by atoms with Crippen LogP contribution in [0, 0.1) is 0 Å². The largest absolute Gasteiger partial charge is 0.274 e. The summed E-state index contributed by atoms with van der Waals surface area (Å²) in [6.45, 7) is 13.2. The van der Waals surface area contributed by atoms with Gasteiger partial charge in [-0.3, -0.25) is 14.5 Å². The molecule has 0 saturated heterocycles. The number of unbranched alkanes of at least 4 members (excludes halogenated alkanes) is 5. The number of amides is 2. The average Bonchev–Trinajstić information content (AvgIpc) is 3.53. The fourth-order valence-corrected chi connectivity index (χ4v) is 7.35. The first-order valence-corrected chi connectivity index (χ1v) is 14.6. The molecule has 3 nitrogen and oxygen atoms in total. The maximum Gasteiger partial charge on any atom is 0.263 e. The number of carbonyl (C=O) groups is 2. The van der Waals surface area contributed by atoms with Crippen molar-refractivity contribution in [1.82, 2.24) is 4.90 Å². The predicted molar refractivity (Wildman–Crippen MR) is 151 cm³/mol.